The summed E-state index contributed by atoms with van der Waals surface area (Å²) < 4.78 is 0. The Hall–Kier alpha value is 0.270. The lowest BCUT2D eigenvalue weighted by atomic mass is 10.1. The fourth-order valence-electron chi connectivity index (χ4n) is 2.19. The summed E-state index contributed by atoms with van der Waals surface area (Å²) in [5.74, 6) is 2.62. The number of likely N-dealkylation sites (tertiary alicyclic amines) is 1. The van der Waals surface area contributed by atoms with Crippen LogP contribution in [0.15, 0.2) is 0 Å². The van der Waals surface area contributed by atoms with Crippen LogP contribution in [0, 0.1) is 0 Å². The van der Waals surface area contributed by atoms with E-state index in [-0.39, 0.29) is 0 Å². The first-order valence-corrected chi connectivity index (χ1v) is 6.64. The fourth-order valence-corrected chi connectivity index (χ4v) is 3.13. The summed E-state index contributed by atoms with van der Waals surface area (Å²) in [5, 5.41) is 3.60. The molecule has 2 saturated heterocycles. The van der Waals surface area contributed by atoms with Gasteiger partial charge in [0.25, 0.3) is 0 Å². The van der Waals surface area contributed by atoms with Crippen LogP contribution in [0.1, 0.15) is 19.3 Å². The quantitative estimate of drug-likeness (QED) is 0.720. The Labute approximate surface area is 85.4 Å². The molecule has 2 nitrogen and oxygen atoms in total. The molecule has 0 radical (unpaired) electrons. The molecule has 2 rings (SSSR count). The molecule has 1 N–H and O–H groups in total. The zero-order chi connectivity index (χ0) is 8.93. The van der Waals surface area contributed by atoms with Crippen LogP contribution in [0.2, 0.25) is 0 Å². The zero-order valence-corrected chi connectivity index (χ0v) is 9.11. The second-order valence-electron chi connectivity index (χ2n) is 4.09. The van der Waals surface area contributed by atoms with Crippen molar-refractivity contribution in [2.24, 2.45) is 0 Å². The number of piperidine rings is 1. The Morgan fingerprint density at radius 2 is 2.08 bits per heavy atom. The van der Waals surface area contributed by atoms with Gasteiger partial charge in [0.15, 0.2) is 0 Å². The van der Waals surface area contributed by atoms with E-state index in [1.807, 2.05) is 0 Å². The van der Waals surface area contributed by atoms with Gasteiger partial charge >= 0.3 is 0 Å². The molecule has 0 spiro atoms. The minimum atomic E-state index is 0.761. The van der Waals surface area contributed by atoms with Gasteiger partial charge in [-0.2, -0.15) is 11.8 Å². The topological polar surface area (TPSA) is 15.3 Å². The number of nitrogens with zero attached hydrogens (tertiary/aromatic N) is 1. The van der Waals surface area contributed by atoms with Crippen LogP contribution >= 0.6 is 11.8 Å². The van der Waals surface area contributed by atoms with Gasteiger partial charge in [-0.1, -0.05) is 6.42 Å². The van der Waals surface area contributed by atoms with E-state index in [2.05, 4.69) is 22.0 Å². The summed E-state index contributed by atoms with van der Waals surface area (Å²) in [6.07, 6.45) is 4.28. The van der Waals surface area contributed by atoms with Crippen LogP contribution in [-0.2, 0) is 0 Å². The minimum Gasteiger partial charge on any atom is -0.311 e. The van der Waals surface area contributed by atoms with Crippen molar-refractivity contribution in [1.29, 1.82) is 0 Å². The van der Waals surface area contributed by atoms with E-state index in [4.69, 9.17) is 0 Å². The standard InChI is InChI=1S/C10H20N2S/c1-2-5-12(6-3-1)8-10-9-13-7-4-11-10/h10-11H,1-9H2/t10-/m1/s1. The average Bonchev–Trinajstić information content (AvgIpc) is 2.21. The second-order valence-corrected chi connectivity index (χ2v) is 5.24. The average molecular weight is 200 g/mol. The summed E-state index contributed by atoms with van der Waals surface area (Å²) in [4.78, 5) is 2.63. The molecule has 0 aromatic rings. The van der Waals surface area contributed by atoms with Gasteiger partial charge in [0.05, 0.1) is 0 Å². The van der Waals surface area contributed by atoms with E-state index in [1.165, 1.54) is 56.9 Å². The molecule has 0 unspecified atom stereocenters. The van der Waals surface area contributed by atoms with Crippen molar-refractivity contribution in [3.8, 4) is 0 Å². The van der Waals surface area contributed by atoms with Gasteiger partial charge < -0.3 is 10.2 Å². The van der Waals surface area contributed by atoms with Gasteiger partial charge in [-0.3, -0.25) is 0 Å². The molecule has 2 aliphatic heterocycles. The maximum Gasteiger partial charge on any atom is 0.0285 e. The van der Waals surface area contributed by atoms with E-state index in [1.54, 1.807) is 0 Å². The predicted octanol–water partition coefficient (Wildman–Crippen LogP) is 1.18. The van der Waals surface area contributed by atoms with E-state index >= 15 is 0 Å². The Morgan fingerprint density at radius 1 is 1.23 bits per heavy atom. The Morgan fingerprint density at radius 3 is 2.77 bits per heavy atom. The van der Waals surface area contributed by atoms with Gasteiger partial charge in [0, 0.05) is 30.6 Å². The maximum absolute atomic E-state index is 3.60. The third-order valence-corrected chi connectivity index (χ3v) is 4.06. The molecule has 0 aromatic carbocycles. The zero-order valence-electron chi connectivity index (χ0n) is 8.30. The third kappa shape index (κ3) is 3.15. The van der Waals surface area contributed by atoms with Gasteiger partial charge in [0.2, 0.25) is 0 Å². The Balaban J connectivity index is 1.69. The largest absolute Gasteiger partial charge is 0.311 e. The summed E-state index contributed by atoms with van der Waals surface area (Å²) >= 11 is 2.10. The van der Waals surface area contributed by atoms with E-state index in [9.17, 15) is 0 Å². The van der Waals surface area contributed by atoms with Crippen molar-refractivity contribution in [1.82, 2.24) is 10.2 Å². The highest BCUT2D eigenvalue weighted by Gasteiger charge is 2.17. The van der Waals surface area contributed by atoms with Crippen LogP contribution in [-0.4, -0.2) is 48.6 Å². The number of nitrogens with one attached hydrogen (secondary N) is 1. The normalized spacial score (nSPS) is 31.8. The molecule has 3 heteroatoms. The van der Waals surface area contributed by atoms with Crippen LogP contribution in [0.3, 0.4) is 0 Å². The lowest BCUT2D eigenvalue weighted by Gasteiger charge is -2.32. The molecule has 2 aliphatic rings. The Bertz CT molecular complexity index is 124. The summed E-state index contributed by atoms with van der Waals surface area (Å²) in [5.41, 5.74) is 0. The first kappa shape index (κ1) is 9.81. The molecule has 0 aromatic heterocycles. The number of hydrogen-bond acceptors (Lipinski definition) is 3. The smallest absolute Gasteiger partial charge is 0.0285 e. The summed E-state index contributed by atoms with van der Waals surface area (Å²) in [6.45, 7) is 5.17. The second kappa shape index (κ2) is 5.23. The first-order valence-electron chi connectivity index (χ1n) is 5.48. The van der Waals surface area contributed by atoms with Crippen LogP contribution < -0.4 is 5.32 Å². The highest BCUT2D eigenvalue weighted by atomic mass is 32.2. The fraction of sp³-hybridized carbons (Fsp3) is 1.00. The lowest BCUT2D eigenvalue weighted by molar-refractivity contribution is 0.210. The molecule has 0 amide bonds. The molecule has 2 fully saturated rings. The number of hydrogen-bond donors (Lipinski definition) is 1. The molecule has 0 saturated carbocycles. The highest BCUT2D eigenvalue weighted by Crippen LogP contribution is 2.12. The number of thioether (sulfide) groups is 1. The van der Waals surface area contributed by atoms with Gasteiger partial charge in [0.1, 0.15) is 0 Å². The first-order chi connectivity index (χ1) is 6.45. The van der Waals surface area contributed by atoms with Crippen molar-refractivity contribution in [3.63, 3.8) is 0 Å². The lowest BCUT2D eigenvalue weighted by Crippen LogP contribution is -2.47. The minimum absolute atomic E-state index is 0.761. The molecule has 1 atom stereocenters. The number of rotatable bonds is 2. The Kier molecular flexibility index (Phi) is 3.94. The van der Waals surface area contributed by atoms with Gasteiger partial charge in [-0.25, -0.2) is 0 Å². The molecule has 0 bridgehead atoms. The van der Waals surface area contributed by atoms with Crippen molar-refractivity contribution in [2.45, 2.75) is 25.3 Å². The molecule has 2 heterocycles. The molecular formula is C10H20N2S. The SMILES string of the molecule is C1CCN(C[C@@H]2CSCCN2)CC1. The summed E-state index contributed by atoms with van der Waals surface area (Å²) in [7, 11) is 0. The summed E-state index contributed by atoms with van der Waals surface area (Å²) in [6, 6.07) is 0.761. The van der Waals surface area contributed by atoms with Gasteiger partial charge in [-0.15, -0.1) is 0 Å². The van der Waals surface area contributed by atoms with E-state index in [0.717, 1.165) is 6.04 Å². The van der Waals surface area contributed by atoms with E-state index < -0.39 is 0 Å². The van der Waals surface area contributed by atoms with Crippen molar-refractivity contribution in [2.75, 3.05) is 37.7 Å². The van der Waals surface area contributed by atoms with Crippen LogP contribution in [0.4, 0.5) is 0 Å². The van der Waals surface area contributed by atoms with Crippen molar-refractivity contribution < 1.29 is 0 Å². The monoisotopic (exact) mass is 200 g/mol. The van der Waals surface area contributed by atoms with Gasteiger partial charge in [-0.05, 0) is 25.9 Å². The van der Waals surface area contributed by atoms with E-state index in [0.29, 0.717) is 0 Å². The molecule has 76 valence electrons. The molecule has 13 heavy (non-hydrogen) atoms. The van der Waals surface area contributed by atoms with Crippen molar-refractivity contribution >= 4 is 11.8 Å². The van der Waals surface area contributed by atoms with Crippen molar-refractivity contribution in [3.05, 3.63) is 0 Å². The molecule has 0 aliphatic carbocycles. The van der Waals surface area contributed by atoms with Crippen LogP contribution in [0.25, 0.3) is 0 Å². The third-order valence-electron chi connectivity index (χ3n) is 2.93. The maximum atomic E-state index is 3.60. The molecular weight excluding hydrogens is 180 g/mol. The van der Waals surface area contributed by atoms with Crippen LogP contribution in [0.5, 0.6) is 0 Å². The predicted molar refractivity (Wildman–Crippen MR) is 59.4 cm³/mol. The highest BCUT2D eigenvalue weighted by molar-refractivity contribution is 7.99.